The molecule has 0 radical (unpaired) electrons. The first-order chi connectivity index (χ1) is 16.5. The fourth-order valence-corrected chi connectivity index (χ4v) is 3.91. The number of hydrogen-bond donors (Lipinski definition) is 3. The maximum Gasteiger partial charge on any atom is 0.277 e. The Morgan fingerprint density at radius 2 is 2.06 bits per heavy atom. The molecule has 1 aliphatic rings. The average molecular weight is 488 g/mol. The van der Waals surface area contributed by atoms with Gasteiger partial charge in [0, 0.05) is 43.5 Å². The van der Waals surface area contributed by atoms with Crippen LogP contribution >= 0.6 is 11.9 Å². The molecule has 0 bridgehead atoms. The van der Waals surface area contributed by atoms with E-state index < -0.39 is 12.1 Å². The van der Waals surface area contributed by atoms with Crippen molar-refractivity contribution in [2.75, 3.05) is 29.0 Å². The number of amides is 1. The van der Waals surface area contributed by atoms with Crippen LogP contribution in [0, 0.1) is 0 Å². The van der Waals surface area contributed by atoms with Crippen molar-refractivity contribution < 1.29 is 18.3 Å². The predicted octanol–water partition coefficient (Wildman–Crippen LogP) is 3.53. The summed E-state index contributed by atoms with van der Waals surface area (Å²) in [6.07, 6.45) is 4.84. The van der Waals surface area contributed by atoms with Gasteiger partial charge in [0.25, 0.3) is 5.91 Å². The Bertz CT molecular complexity index is 1300. The van der Waals surface area contributed by atoms with Crippen LogP contribution < -0.4 is 16.0 Å². The van der Waals surface area contributed by atoms with Crippen molar-refractivity contribution in [2.24, 2.45) is 7.05 Å². The molecule has 0 saturated carbocycles. The molecule has 34 heavy (non-hydrogen) atoms. The van der Waals surface area contributed by atoms with Crippen LogP contribution in [-0.4, -0.2) is 49.6 Å². The Hall–Kier alpha value is -3.70. The van der Waals surface area contributed by atoms with Gasteiger partial charge in [0.05, 0.1) is 28.8 Å². The largest absolute Gasteiger partial charge is 0.444 e. The van der Waals surface area contributed by atoms with Crippen LogP contribution in [0.3, 0.4) is 0 Å². The number of nitrogen functional groups attached to an aromatic ring is 1. The minimum Gasteiger partial charge on any atom is -0.444 e. The zero-order valence-electron chi connectivity index (χ0n) is 18.3. The minimum absolute atomic E-state index is 0.134. The molecule has 1 aromatic carbocycles. The third-order valence-electron chi connectivity index (χ3n) is 5.51. The molecule has 10 nitrogen and oxygen atoms in total. The third kappa shape index (κ3) is 4.95. The smallest absolute Gasteiger partial charge is 0.277 e. The lowest BCUT2D eigenvalue weighted by Crippen LogP contribution is -2.35. The second kappa shape index (κ2) is 10.1. The molecule has 5 rings (SSSR count). The number of benzene rings is 1. The van der Waals surface area contributed by atoms with E-state index in [-0.39, 0.29) is 11.6 Å². The van der Waals surface area contributed by atoms with Crippen LogP contribution in [0.5, 0.6) is 0 Å². The van der Waals surface area contributed by atoms with Gasteiger partial charge in [0.1, 0.15) is 18.3 Å². The van der Waals surface area contributed by atoms with Gasteiger partial charge in [-0.3, -0.25) is 14.1 Å². The van der Waals surface area contributed by atoms with Crippen molar-refractivity contribution in [3.05, 3.63) is 48.6 Å². The fourth-order valence-electron chi connectivity index (χ4n) is 3.91. The summed E-state index contributed by atoms with van der Waals surface area (Å²) in [6, 6.07) is 7.13. The van der Waals surface area contributed by atoms with Gasteiger partial charge >= 0.3 is 0 Å². The van der Waals surface area contributed by atoms with E-state index in [1.165, 1.54) is 6.26 Å². The van der Waals surface area contributed by atoms with Crippen LogP contribution in [-0.2, 0) is 7.05 Å². The first kappa shape index (κ1) is 23.5. The van der Waals surface area contributed by atoms with Gasteiger partial charge in [0.2, 0.25) is 5.89 Å². The number of fused-ring (bicyclic) bond motifs is 1. The maximum absolute atomic E-state index is 13.7. The highest BCUT2D eigenvalue weighted by atomic mass is 35.5. The number of aromatic nitrogens is 4. The van der Waals surface area contributed by atoms with Crippen molar-refractivity contribution in [2.45, 2.75) is 19.0 Å². The van der Waals surface area contributed by atoms with Gasteiger partial charge < -0.3 is 20.4 Å². The molecular weight excluding hydrogens is 465 g/mol. The summed E-state index contributed by atoms with van der Waals surface area (Å²) in [5.41, 5.74) is 8.71. The Balaban J connectivity index is 0.00000133. The monoisotopic (exact) mass is 487 g/mol. The highest BCUT2D eigenvalue weighted by molar-refractivity contribution is 6.06. The van der Waals surface area contributed by atoms with Gasteiger partial charge in [0.15, 0.2) is 5.69 Å². The highest BCUT2D eigenvalue weighted by Gasteiger charge is 2.23. The summed E-state index contributed by atoms with van der Waals surface area (Å²) in [5, 5.41) is 8.30. The highest BCUT2D eigenvalue weighted by Crippen LogP contribution is 2.33. The molecule has 1 saturated heterocycles. The lowest BCUT2D eigenvalue weighted by molar-refractivity contribution is 0.102. The molecule has 4 aromatic rings. The van der Waals surface area contributed by atoms with E-state index in [1.54, 1.807) is 23.0 Å². The number of nitrogens with two attached hydrogens (primary N) is 1. The fraction of sp³-hybridized carbons (Fsp3) is 0.273. The lowest BCUT2D eigenvalue weighted by Gasteiger charge is -2.32. The normalized spacial score (nSPS) is 14.1. The van der Waals surface area contributed by atoms with Gasteiger partial charge in [-0.05, 0) is 37.1 Å². The molecule has 0 unspecified atom stereocenters. The number of pyridine rings is 1. The molecule has 1 amide bonds. The van der Waals surface area contributed by atoms with E-state index in [0.29, 0.717) is 43.0 Å². The zero-order chi connectivity index (χ0) is 24.2. The molecule has 1 fully saturated rings. The second-order valence-electron chi connectivity index (χ2n) is 7.85. The Kier molecular flexibility index (Phi) is 6.94. The van der Waals surface area contributed by atoms with E-state index in [2.05, 4.69) is 37.1 Å². The number of hydrogen-bond acceptors (Lipinski definition) is 8. The SMILES string of the molecule is Cn1cc2cc(NC(=O)c3coc(-c4ccnc(N)c4)n3)c(N3CCC(F)CC3)cc2n1.OCl. The van der Waals surface area contributed by atoms with Crippen LogP contribution in [0.4, 0.5) is 21.6 Å². The molecule has 12 heteroatoms. The van der Waals surface area contributed by atoms with Crippen molar-refractivity contribution in [1.82, 2.24) is 19.7 Å². The minimum atomic E-state index is -0.793. The number of carbonyl (C=O) groups excluding carboxylic acids is 1. The number of nitrogens with zero attached hydrogens (tertiary/aromatic N) is 5. The molecule has 4 heterocycles. The molecular formula is C22H23ClFN7O3. The Labute approximate surface area is 199 Å². The number of piperidine rings is 1. The van der Waals surface area contributed by atoms with Gasteiger partial charge in [-0.2, -0.15) is 5.10 Å². The van der Waals surface area contributed by atoms with Gasteiger partial charge in [-0.1, -0.05) is 0 Å². The van der Waals surface area contributed by atoms with Crippen molar-refractivity contribution in [1.29, 1.82) is 0 Å². The number of anilines is 3. The molecule has 0 aliphatic carbocycles. The standard InChI is InChI=1S/C22H22FN7O2.ClHO/c1-29-11-14-8-17(19(10-16(14)28-29)30-6-3-15(23)4-7-30)26-21(31)18-12-32-22(27-18)13-2-5-25-20(24)9-13;1-2/h2,5,8-12,15H,3-4,6-7H2,1H3,(H2,24,25)(H,26,31);2H. The Morgan fingerprint density at radius 1 is 1.29 bits per heavy atom. The van der Waals surface area contributed by atoms with Crippen molar-refractivity contribution in [3.63, 3.8) is 0 Å². The summed E-state index contributed by atoms with van der Waals surface area (Å²) in [7, 11) is 1.84. The van der Waals surface area contributed by atoms with Crippen molar-refractivity contribution in [3.8, 4) is 11.5 Å². The van der Waals surface area contributed by atoms with E-state index in [1.807, 2.05) is 25.4 Å². The number of aryl methyl sites for hydroxylation is 1. The van der Waals surface area contributed by atoms with Crippen LogP contribution in [0.25, 0.3) is 22.4 Å². The first-order valence-corrected chi connectivity index (χ1v) is 10.8. The molecule has 0 spiro atoms. The van der Waals surface area contributed by atoms with E-state index in [4.69, 9.17) is 14.8 Å². The molecule has 1 aliphatic heterocycles. The van der Waals surface area contributed by atoms with Gasteiger partial charge in [-0.25, -0.2) is 14.4 Å². The topological polar surface area (TPSA) is 135 Å². The van der Waals surface area contributed by atoms with Crippen molar-refractivity contribution >= 4 is 45.9 Å². The average Bonchev–Trinajstić information content (AvgIpc) is 3.47. The summed E-state index contributed by atoms with van der Waals surface area (Å²) < 4.78 is 27.4. The molecule has 3 aromatic heterocycles. The van der Waals surface area contributed by atoms with Crippen LogP contribution in [0.2, 0.25) is 0 Å². The van der Waals surface area contributed by atoms with E-state index in [0.717, 1.165) is 16.6 Å². The van der Waals surface area contributed by atoms with E-state index in [9.17, 15) is 9.18 Å². The first-order valence-electron chi connectivity index (χ1n) is 10.5. The lowest BCUT2D eigenvalue weighted by atomic mass is 10.1. The number of rotatable bonds is 4. The number of alkyl halides is 1. The van der Waals surface area contributed by atoms with Crippen LogP contribution in [0.15, 0.2) is 47.3 Å². The summed E-state index contributed by atoms with van der Waals surface area (Å²) in [4.78, 5) is 23.3. The third-order valence-corrected chi connectivity index (χ3v) is 5.51. The maximum atomic E-state index is 13.7. The van der Waals surface area contributed by atoms with Gasteiger partial charge in [-0.15, -0.1) is 0 Å². The summed E-state index contributed by atoms with van der Waals surface area (Å²) in [5.74, 6) is 0.197. The second-order valence-corrected chi connectivity index (χ2v) is 7.85. The van der Waals surface area contributed by atoms with Crippen LogP contribution in [0.1, 0.15) is 23.3 Å². The summed E-state index contributed by atoms with van der Waals surface area (Å²) in [6.45, 7) is 1.14. The summed E-state index contributed by atoms with van der Waals surface area (Å²) >= 11 is 3.64. The molecule has 178 valence electrons. The number of nitrogens with one attached hydrogen (secondary N) is 1. The zero-order valence-corrected chi connectivity index (χ0v) is 19.0. The Morgan fingerprint density at radius 3 is 2.79 bits per heavy atom. The predicted molar refractivity (Wildman–Crippen MR) is 127 cm³/mol. The molecule has 0 atom stereocenters. The quantitative estimate of drug-likeness (QED) is 0.398. The van der Waals surface area contributed by atoms with E-state index >= 15 is 0 Å². The number of oxazole rings is 1. The number of halogens is 2. The molecule has 4 N–H and O–H groups in total. The number of carbonyl (C=O) groups is 1.